The van der Waals surface area contributed by atoms with Gasteiger partial charge in [-0.2, -0.15) is 0 Å². The highest BCUT2D eigenvalue weighted by Gasteiger charge is 2.28. The Labute approximate surface area is 235 Å². The molecule has 1 amide bonds. The molecule has 212 valence electrons. The van der Waals surface area contributed by atoms with Crippen LogP contribution < -0.4 is 10.6 Å². The SMILES string of the molecule is O=C(NC[C@H](C(=O)O)c1cnc2c(ccn2CC2CC2)c1)[C@@H]1CCCN(CCCc2ccc3c(n2)NCCC3)C1. The van der Waals surface area contributed by atoms with E-state index in [9.17, 15) is 14.7 Å². The number of hydrogen-bond acceptors (Lipinski definition) is 6. The molecule has 1 saturated carbocycles. The number of piperidine rings is 1. The largest absolute Gasteiger partial charge is 0.481 e. The molecule has 2 aliphatic heterocycles. The summed E-state index contributed by atoms with van der Waals surface area (Å²) in [5.74, 6) is -0.172. The number of fused-ring (bicyclic) bond motifs is 2. The predicted molar refractivity (Wildman–Crippen MR) is 154 cm³/mol. The van der Waals surface area contributed by atoms with Crippen LogP contribution in [0, 0.1) is 11.8 Å². The zero-order valence-corrected chi connectivity index (χ0v) is 23.1. The molecule has 2 atom stereocenters. The maximum atomic E-state index is 13.1. The van der Waals surface area contributed by atoms with Gasteiger partial charge in [0.2, 0.25) is 5.91 Å². The lowest BCUT2D eigenvalue weighted by Gasteiger charge is -2.32. The highest BCUT2D eigenvalue weighted by atomic mass is 16.4. The molecule has 3 aliphatic rings. The summed E-state index contributed by atoms with van der Waals surface area (Å²) in [6, 6.07) is 8.26. The summed E-state index contributed by atoms with van der Waals surface area (Å²) in [5.41, 5.74) is 3.95. The maximum Gasteiger partial charge on any atom is 0.312 e. The van der Waals surface area contributed by atoms with Crippen molar-refractivity contribution in [2.24, 2.45) is 11.8 Å². The van der Waals surface area contributed by atoms with E-state index >= 15 is 0 Å². The first kappa shape index (κ1) is 26.7. The molecule has 1 aliphatic carbocycles. The Morgan fingerprint density at radius 1 is 1.18 bits per heavy atom. The molecule has 9 nitrogen and oxygen atoms in total. The average Bonchev–Trinajstić information content (AvgIpc) is 3.71. The van der Waals surface area contributed by atoms with Crippen molar-refractivity contribution in [1.82, 2.24) is 24.8 Å². The molecule has 3 aromatic rings. The van der Waals surface area contributed by atoms with Crippen LogP contribution in [0.4, 0.5) is 5.82 Å². The van der Waals surface area contributed by atoms with Crippen molar-refractivity contribution in [2.75, 3.05) is 38.0 Å². The zero-order valence-electron chi connectivity index (χ0n) is 23.1. The van der Waals surface area contributed by atoms with E-state index in [0.717, 1.165) is 93.2 Å². The van der Waals surface area contributed by atoms with Crippen LogP contribution in [-0.2, 0) is 29.0 Å². The van der Waals surface area contributed by atoms with Crippen LogP contribution >= 0.6 is 0 Å². The zero-order chi connectivity index (χ0) is 27.5. The molecule has 0 aromatic carbocycles. The molecule has 0 bridgehead atoms. The van der Waals surface area contributed by atoms with Crippen molar-refractivity contribution < 1.29 is 14.7 Å². The van der Waals surface area contributed by atoms with Gasteiger partial charge in [-0.15, -0.1) is 0 Å². The highest BCUT2D eigenvalue weighted by molar-refractivity contribution is 5.83. The number of carbonyl (C=O) groups is 2. The van der Waals surface area contributed by atoms with E-state index < -0.39 is 11.9 Å². The number of carboxylic acids is 1. The molecule has 0 spiro atoms. The number of amides is 1. The minimum atomic E-state index is -0.949. The summed E-state index contributed by atoms with van der Waals surface area (Å²) in [6.45, 7) is 4.67. The quantitative estimate of drug-likeness (QED) is 0.336. The fourth-order valence-electron chi connectivity index (χ4n) is 6.17. The Morgan fingerprint density at radius 3 is 2.92 bits per heavy atom. The number of anilines is 1. The minimum absolute atomic E-state index is 0.0528. The van der Waals surface area contributed by atoms with Gasteiger partial charge in [0.05, 0.1) is 5.92 Å². The van der Waals surface area contributed by atoms with Gasteiger partial charge in [0.15, 0.2) is 0 Å². The molecule has 6 rings (SSSR count). The van der Waals surface area contributed by atoms with Gasteiger partial charge in [-0.25, -0.2) is 9.97 Å². The van der Waals surface area contributed by atoms with Crippen LogP contribution in [0.3, 0.4) is 0 Å². The number of aryl methyl sites for hydroxylation is 2. The Morgan fingerprint density at radius 2 is 2.08 bits per heavy atom. The van der Waals surface area contributed by atoms with E-state index in [4.69, 9.17) is 4.98 Å². The topological polar surface area (TPSA) is 112 Å². The Balaban J connectivity index is 0.998. The van der Waals surface area contributed by atoms with Crippen molar-refractivity contribution in [2.45, 2.75) is 63.8 Å². The van der Waals surface area contributed by atoms with Gasteiger partial charge >= 0.3 is 5.97 Å². The number of carboxylic acid groups (broad SMARTS) is 1. The van der Waals surface area contributed by atoms with Gasteiger partial charge < -0.3 is 25.2 Å². The highest BCUT2D eigenvalue weighted by Crippen LogP contribution is 2.32. The number of likely N-dealkylation sites (tertiary alicyclic amines) is 1. The van der Waals surface area contributed by atoms with Gasteiger partial charge in [-0.3, -0.25) is 9.59 Å². The second-order valence-electron chi connectivity index (χ2n) is 11.8. The van der Waals surface area contributed by atoms with Crippen LogP contribution in [0.1, 0.15) is 61.3 Å². The van der Waals surface area contributed by atoms with Gasteiger partial charge in [-0.1, -0.05) is 6.07 Å². The van der Waals surface area contributed by atoms with Crippen molar-refractivity contribution in [1.29, 1.82) is 0 Å². The van der Waals surface area contributed by atoms with E-state index in [1.807, 2.05) is 18.3 Å². The third-order valence-electron chi connectivity index (χ3n) is 8.69. The van der Waals surface area contributed by atoms with Crippen molar-refractivity contribution in [3.05, 3.63) is 53.5 Å². The Hall–Kier alpha value is -3.46. The molecular formula is C31H40N6O3. The van der Waals surface area contributed by atoms with Gasteiger partial charge in [0.25, 0.3) is 0 Å². The summed E-state index contributed by atoms with van der Waals surface area (Å²) in [6.07, 6.45) is 12.2. The molecule has 0 radical (unpaired) electrons. The van der Waals surface area contributed by atoms with E-state index in [0.29, 0.717) is 12.1 Å². The van der Waals surface area contributed by atoms with Crippen LogP contribution in [0.15, 0.2) is 36.7 Å². The number of aliphatic carboxylic acids is 1. The smallest absolute Gasteiger partial charge is 0.312 e. The van der Waals surface area contributed by atoms with Gasteiger partial charge in [0, 0.05) is 49.7 Å². The molecule has 9 heteroatoms. The standard InChI is InChI=1S/C31H40N6O3/c38-30(24-5-2-13-36(20-24)14-3-6-26-10-9-22-4-1-12-32-28(22)35-26)34-18-27(31(39)40)25-16-23-11-15-37(19-21-7-8-21)29(23)33-17-25/h9-11,15-17,21,24,27H,1-8,12-14,18-20H2,(H,32,35)(H,34,38)(H,39,40)/t24-,27+/m1/s1. The molecule has 3 N–H and O–H groups in total. The maximum absolute atomic E-state index is 13.1. The lowest BCUT2D eigenvalue weighted by Crippen LogP contribution is -2.44. The van der Waals surface area contributed by atoms with E-state index in [-0.39, 0.29) is 18.4 Å². The van der Waals surface area contributed by atoms with Crippen LogP contribution in [0.5, 0.6) is 0 Å². The number of pyridine rings is 2. The van der Waals surface area contributed by atoms with E-state index in [2.05, 4.69) is 37.2 Å². The third kappa shape index (κ3) is 6.30. The molecule has 0 unspecified atom stereocenters. The molecule has 40 heavy (non-hydrogen) atoms. The normalized spacial score (nSPS) is 20.1. The average molecular weight is 545 g/mol. The molecular weight excluding hydrogens is 504 g/mol. The lowest BCUT2D eigenvalue weighted by atomic mass is 9.95. The van der Waals surface area contributed by atoms with Crippen molar-refractivity contribution in [3.8, 4) is 0 Å². The van der Waals surface area contributed by atoms with Gasteiger partial charge in [0.1, 0.15) is 17.4 Å². The van der Waals surface area contributed by atoms with E-state index in [1.54, 1.807) is 6.20 Å². The second-order valence-corrected chi connectivity index (χ2v) is 11.8. The van der Waals surface area contributed by atoms with Crippen molar-refractivity contribution in [3.63, 3.8) is 0 Å². The monoisotopic (exact) mass is 544 g/mol. The lowest BCUT2D eigenvalue weighted by molar-refractivity contribution is -0.138. The second kappa shape index (κ2) is 12.0. The number of rotatable bonds is 11. The Bertz CT molecular complexity index is 1370. The summed E-state index contributed by atoms with van der Waals surface area (Å²) >= 11 is 0. The van der Waals surface area contributed by atoms with Crippen LogP contribution in [0.2, 0.25) is 0 Å². The van der Waals surface area contributed by atoms with E-state index in [1.165, 1.54) is 18.4 Å². The summed E-state index contributed by atoms with van der Waals surface area (Å²) in [5, 5.41) is 17.3. The van der Waals surface area contributed by atoms with Crippen molar-refractivity contribution >= 4 is 28.7 Å². The summed E-state index contributed by atoms with van der Waals surface area (Å²) < 4.78 is 2.16. The van der Waals surface area contributed by atoms with Crippen LogP contribution in [-0.4, -0.2) is 69.1 Å². The fraction of sp³-hybridized carbons (Fsp3) is 0.548. The first-order chi connectivity index (χ1) is 19.5. The minimum Gasteiger partial charge on any atom is -0.481 e. The molecule has 5 heterocycles. The molecule has 3 aromatic heterocycles. The fourth-order valence-corrected chi connectivity index (χ4v) is 6.17. The summed E-state index contributed by atoms with van der Waals surface area (Å²) in [4.78, 5) is 37.0. The first-order valence-corrected chi connectivity index (χ1v) is 14.9. The number of hydrogen-bond donors (Lipinski definition) is 3. The number of nitrogens with one attached hydrogen (secondary N) is 2. The molecule has 2 fully saturated rings. The predicted octanol–water partition coefficient (Wildman–Crippen LogP) is 3.83. The first-order valence-electron chi connectivity index (χ1n) is 14.9. The number of nitrogens with zero attached hydrogens (tertiary/aromatic N) is 4. The third-order valence-corrected chi connectivity index (χ3v) is 8.69. The number of aromatic nitrogens is 3. The molecule has 1 saturated heterocycles. The summed E-state index contributed by atoms with van der Waals surface area (Å²) in [7, 11) is 0. The van der Waals surface area contributed by atoms with Crippen LogP contribution in [0.25, 0.3) is 11.0 Å². The van der Waals surface area contributed by atoms with Gasteiger partial charge in [-0.05, 0) is 99.7 Å². The number of carbonyl (C=O) groups excluding carboxylic acids is 1. The Kier molecular flexibility index (Phi) is 8.00.